The van der Waals surface area contributed by atoms with Crippen molar-refractivity contribution in [1.82, 2.24) is 10.6 Å². The third kappa shape index (κ3) is 6.29. The monoisotopic (exact) mass is 379 g/mol. The van der Waals surface area contributed by atoms with E-state index in [9.17, 15) is 9.59 Å². The zero-order valence-corrected chi connectivity index (χ0v) is 15.2. The van der Waals surface area contributed by atoms with Gasteiger partial charge in [0.15, 0.2) is 0 Å². The molecule has 0 atom stereocenters. The van der Waals surface area contributed by atoms with Crippen LogP contribution in [-0.2, 0) is 11.2 Å². The van der Waals surface area contributed by atoms with Crippen molar-refractivity contribution in [3.63, 3.8) is 0 Å². The van der Waals surface area contributed by atoms with E-state index in [1.54, 1.807) is 18.2 Å². The first-order valence-corrected chi connectivity index (χ1v) is 8.52. The second-order valence-electron chi connectivity index (χ2n) is 5.46. The summed E-state index contributed by atoms with van der Waals surface area (Å²) in [5, 5.41) is 8.65. The fourth-order valence-corrected chi connectivity index (χ4v) is 2.55. The number of nitrogens with one attached hydrogen (secondary N) is 3. The summed E-state index contributed by atoms with van der Waals surface area (Å²) >= 11 is 11.8. The third-order valence-electron chi connectivity index (χ3n) is 3.55. The Kier molecular flexibility index (Phi) is 7.10. The number of hydrogen-bond donors (Lipinski definition) is 3. The molecule has 2 aromatic carbocycles. The van der Waals surface area contributed by atoms with Crippen LogP contribution in [0, 0.1) is 6.92 Å². The van der Waals surface area contributed by atoms with Gasteiger partial charge in [-0.15, -0.1) is 0 Å². The molecule has 0 fully saturated rings. The molecule has 0 aliphatic carbocycles. The normalized spacial score (nSPS) is 10.2. The lowest BCUT2D eigenvalue weighted by Crippen LogP contribution is -2.40. The van der Waals surface area contributed by atoms with Gasteiger partial charge in [-0.05, 0) is 42.7 Å². The molecular formula is C18H19Cl2N3O2. The summed E-state index contributed by atoms with van der Waals surface area (Å²) in [5.74, 6) is -0.391. The average molecular weight is 380 g/mol. The zero-order chi connectivity index (χ0) is 18.2. The maximum atomic E-state index is 11.9. The Morgan fingerprint density at radius 1 is 1.04 bits per heavy atom. The standard InChI is InChI=1S/C18H19Cl2N3O2/c1-12-4-2-3-5-13(12)8-9-21-18(25)22-11-17(24)23-16-10-14(19)6-7-15(16)20/h2-7,10H,8-9,11H2,1H3,(H,23,24)(H2,21,22,25). The van der Waals surface area contributed by atoms with Crippen LogP contribution in [0.25, 0.3) is 0 Å². The minimum atomic E-state index is -0.402. The van der Waals surface area contributed by atoms with Crippen molar-refractivity contribution >= 4 is 40.8 Å². The van der Waals surface area contributed by atoms with E-state index in [0.29, 0.717) is 22.3 Å². The summed E-state index contributed by atoms with van der Waals surface area (Å²) in [7, 11) is 0. The van der Waals surface area contributed by atoms with Crippen molar-refractivity contribution < 1.29 is 9.59 Å². The Hall–Kier alpha value is -2.24. The van der Waals surface area contributed by atoms with Crippen molar-refractivity contribution in [3.8, 4) is 0 Å². The predicted molar refractivity (Wildman–Crippen MR) is 101 cm³/mol. The SMILES string of the molecule is Cc1ccccc1CCNC(=O)NCC(=O)Nc1cc(Cl)ccc1Cl. The highest BCUT2D eigenvalue weighted by Crippen LogP contribution is 2.25. The van der Waals surface area contributed by atoms with Crippen LogP contribution in [-0.4, -0.2) is 25.0 Å². The van der Waals surface area contributed by atoms with Gasteiger partial charge in [-0.1, -0.05) is 47.5 Å². The number of anilines is 1. The van der Waals surface area contributed by atoms with Crippen molar-refractivity contribution in [2.45, 2.75) is 13.3 Å². The molecule has 132 valence electrons. The Labute approximate surface area is 156 Å². The van der Waals surface area contributed by atoms with E-state index in [0.717, 1.165) is 6.42 Å². The summed E-state index contributed by atoms with van der Waals surface area (Å²) in [6.07, 6.45) is 0.727. The number of halogens is 2. The number of amides is 3. The van der Waals surface area contributed by atoms with E-state index < -0.39 is 11.9 Å². The summed E-state index contributed by atoms with van der Waals surface area (Å²) < 4.78 is 0. The smallest absolute Gasteiger partial charge is 0.315 e. The molecule has 0 aromatic heterocycles. The highest BCUT2D eigenvalue weighted by atomic mass is 35.5. The van der Waals surface area contributed by atoms with Crippen LogP contribution in [0.3, 0.4) is 0 Å². The summed E-state index contributed by atoms with van der Waals surface area (Å²) in [6, 6.07) is 12.4. The molecule has 3 N–H and O–H groups in total. The van der Waals surface area contributed by atoms with Crippen LogP contribution in [0.1, 0.15) is 11.1 Å². The van der Waals surface area contributed by atoms with Gasteiger partial charge in [0.25, 0.3) is 0 Å². The fourth-order valence-electron chi connectivity index (χ4n) is 2.21. The largest absolute Gasteiger partial charge is 0.338 e. The Morgan fingerprint density at radius 3 is 2.56 bits per heavy atom. The van der Waals surface area contributed by atoms with Gasteiger partial charge in [0, 0.05) is 11.6 Å². The molecule has 0 spiro atoms. The lowest BCUT2D eigenvalue weighted by molar-refractivity contribution is -0.115. The van der Waals surface area contributed by atoms with Crippen LogP contribution < -0.4 is 16.0 Å². The van der Waals surface area contributed by atoms with Gasteiger partial charge in [-0.3, -0.25) is 4.79 Å². The van der Waals surface area contributed by atoms with E-state index in [2.05, 4.69) is 16.0 Å². The Bertz CT molecular complexity index is 766. The molecule has 0 aliphatic heterocycles. The zero-order valence-electron chi connectivity index (χ0n) is 13.7. The second-order valence-corrected chi connectivity index (χ2v) is 6.30. The topological polar surface area (TPSA) is 70.2 Å². The first kappa shape index (κ1) is 19.1. The molecule has 5 nitrogen and oxygen atoms in total. The van der Waals surface area contributed by atoms with Crippen LogP contribution in [0.4, 0.5) is 10.5 Å². The first-order chi connectivity index (χ1) is 12.0. The van der Waals surface area contributed by atoms with Gasteiger partial charge < -0.3 is 16.0 Å². The number of urea groups is 1. The lowest BCUT2D eigenvalue weighted by atomic mass is 10.1. The van der Waals surface area contributed by atoms with E-state index in [4.69, 9.17) is 23.2 Å². The van der Waals surface area contributed by atoms with E-state index in [-0.39, 0.29) is 6.54 Å². The quantitative estimate of drug-likeness (QED) is 0.714. The molecule has 2 rings (SSSR count). The molecule has 0 saturated carbocycles. The maximum absolute atomic E-state index is 11.9. The van der Waals surface area contributed by atoms with E-state index in [1.807, 2.05) is 31.2 Å². The van der Waals surface area contributed by atoms with E-state index in [1.165, 1.54) is 11.1 Å². The van der Waals surface area contributed by atoms with Gasteiger partial charge in [0.1, 0.15) is 0 Å². The number of carbonyl (C=O) groups excluding carboxylic acids is 2. The molecule has 2 aromatic rings. The molecule has 7 heteroatoms. The van der Waals surface area contributed by atoms with Crippen LogP contribution >= 0.6 is 23.2 Å². The molecule has 0 unspecified atom stereocenters. The summed E-state index contributed by atoms with van der Waals surface area (Å²) in [6.45, 7) is 2.35. The van der Waals surface area contributed by atoms with Crippen LogP contribution in [0.2, 0.25) is 10.0 Å². The molecule has 0 radical (unpaired) electrons. The van der Waals surface area contributed by atoms with Crippen molar-refractivity contribution in [3.05, 3.63) is 63.6 Å². The molecule has 0 bridgehead atoms. The second kappa shape index (κ2) is 9.30. The highest BCUT2D eigenvalue weighted by molar-refractivity contribution is 6.35. The first-order valence-electron chi connectivity index (χ1n) is 7.77. The Balaban J connectivity index is 1.71. The Morgan fingerprint density at radius 2 is 1.80 bits per heavy atom. The van der Waals surface area contributed by atoms with E-state index >= 15 is 0 Å². The maximum Gasteiger partial charge on any atom is 0.315 e. The molecular weight excluding hydrogens is 361 g/mol. The number of hydrogen-bond acceptors (Lipinski definition) is 2. The summed E-state index contributed by atoms with van der Waals surface area (Å²) in [4.78, 5) is 23.6. The predicted octanol–water partition coefficient (Wildman–Crippen LogP) is 3.78. The van der Waals surface area contributed by atoms with Crippen molar-refractivity contribution in [2.24, 2.45) is 0 Å². The molecule has 3 amide bonds. The lowest BCUT2D eigenvalue weighted by Gasteiger charge is -2.10. The van der Waals surface area contributed by atoms with Crippen molar-refractivity contribution in [1.29, 1.82) is 0 Å². The minimum absolute atomic E-state index is 0.168. The fraction of sp³-hybridized carbons (Fsp3) is 0.222. The molecule has 0 heterocycles. The third-order valence-corrected chi connectivity index (χ3v) is 4.12. The number of aryl methyl sites for hydroxylation is 1. The summed E-state index contributed by atoms with van der Waals surface area (Å²) in [5.41, 5.74) is 2.76. The average Bonchev–Trinajstić information content (AvgIpc) is 2.58. The highest BCUT2D eigenvalue weighted by Gasteiger charge is 2.08. The van der Waals surface area contributed by atoms with Gasteiger partial charge in [0.2, 0.25) is 5.91 Å². The van der Waals surface area contributed by atoms with Crippen LogP contribution in [0.15, 0.2) is 42.5 Å². The van der Waals surface area contributed by atoms with Gasteiger partial charge in [0.05, 0.1) is 17.3 Å². The van der Waals surface area contributed by atoms with Gasteiger partial charge in [-0.25, -0.2) is 4.79 Å². The van der Waals surface area contributed by atoms with Crippen molar-refractivity contribution in [2.75, 3.05) is 18.4 Å². The molecule has 25 heavy (non-hydrogen) atoms. The minimum Gasteiger partial charge on any atom is -0.338 e. The van der Waals surface area contributed by atoms with Gasteiger partial charge in [-0.2, -0.15) is 0 Å². The number of benzene rings is 2. The van der Waals surface area contributed by atoms with Crippen LogP contribution in [0.5, 0.6) is 0 Å². The molecule has 0 aliphatic rings. The van der Waals surface area contributed by atoms with Gasteiger partial charge >= 0.3 is 6.03 Å². The number of rotatable bonds is 6. The molecule has 0 saturated heterocycles. The number of carbonyl (C=O) groups is 2.